The monoisotopic (exact) mass is 424 g/mol. The Morgan fingerprint density at radius 1 is 1.17 bits per heavy atom. The van der Waals surface area contributed by atoms with Gasteiger partial charge in [-0.25, -0.2) is 14.5 Å². The first kappa shape index (κ1) is 20.5. The van der Waals surface area contributed by atoms with Gasteiger partial charge in [-0.15, -0.1) is 0 Å². The third kappa shape index (κ3) is 4.45. The SMILES string of the molecule is CC(=NNC(=O)c1cnn(-c2ccccc2)c1C(F)(F)F)c1ccc(F)c(Cl)c1. The van der Waals surface area contributed by atoms with Crippen LogP contribution in [-0.2, 0) is 6.18 Å². The lowest BCUT2D eigenvalue weighted by Gasteiger charge is -2.12. The summed E-state index contributed by atoms with van der Waals surface area (Å²) in [5.74, 6) is -1.72. The maximum Gasteiger partial charge on any atom is 0.434 e. The Kier molecular flexibility index (Phi) is 5.69. The number of hydrazone groups is 1. The van der Waals surface area contributed by atoms with E-state index in [1.165, 1.54) is 31.2 Å². The van der Waals surface area contributed by atoms with Crippen LogP contribution in [0.5, 0.6) is 0 Å². The summed E-state index contributed by atoms with van der Waals surface area (Å²) >= 11 is 5.70. The minimum atomic E-state index is -4.83. The zero-order valence-corrected chi connectivity index (χ0v) is 15.6. The number of aromatic nitrogens is 2. The lowest BCUT2D eigenvalue weighted by atomic mass is 10.1. The first-order chi connectivity index (χ1) is 13.7. The second-order valence-electron chi connectivity index (χ2n) is 5.92. The Labute approximate surface area is 167 Å². The number of amides is 1. The highest BCUT2D eigenvalue weighted by Crippen LogP contribution is 2.33. The van der Waals surface area contributed by atoms with Gasteiger partial charge in [-0.05, 0) is 36.8 Å². The van der Waals surface area contributed by atoms with Crippen molar-refractivity contribution in [3.8, 4) is 5.69 Å². The number of para-hydroxylation sites is 1. The van der Waals surface area contributed by atoms with Crippen molar-refractivity contribution in [2.75, 3.05) is 0 Å². The van der Waals surface area contributed by atoms with Crippen molar-refractivity contribution in [2.45, 2.75) is 13.1 Å². The molecule has 0 saturated carbocycles. The van der Waals surface area contributed by atoms with Gasteiger partial charge in [-0.3, -0.25) is 4.79 Å². The number of alkyl halides is 3. The molecule has 29 heavy (non-hydrogen) atoms. The number of hydrogen-bond acceptors (Lipinski definition) is 3. The molecule has 0 unspecified atom stereocenters. The van der Waals surface area contributed by atoms with Crippen LogP contribution in [0, 0.1) is 5.82 Å². The first-order valence-corrected chi connectivity index (χ1v) is 8.57. The molecule has 1 aromatic heterocycles. The van der Waals surface area contributed by atoms with Crippen LogP contribution in [0.3, 0.4) is 0 Å². The highest BCUT2D eigenvalue weighted by molar-refractivity contribution is 6.31. The van der Waals surface area contributed by atoms with Crippen molar-refractivity contribution >= 4 is 23.2 Å². The van der Waals surface area contributed by atoms with Crippen molar-refractivity contribution in [3.63, 3.8) is 0 Å². The molecule has 150 valence electrons. The van der Waals surface area contributed by atoms with E-state index in [0.29, 0.717) is 10.2 Å². The van der Waals surface area contributed by atoms with Gasteiger partial charge >= 0.3 is 6.18 Å². The lowest BCUT2D eigenvalue weighted by molar-refractivity contribution is -0.143. The molecule has 0 spiro atoms. The Balaban J connectivity index is 1.91. The molecule has 3 rings (SSSR count). The number of hydrogen-bond donors (Lipinski definition) is 1. The topological polar surface area (TPSA) is 59.3 Å². The number of benzene rings is 2. The Bertz CT molecular complexity index is 1080. The third-order valence-corrected chi connectivity index (χ3v) is 4.24. The standard InChI is InChI=1S/C19H13ClF4N4O/c1-11(12-7-8-16(21)15(20)9-12)26-27-18(29)14-10-25-28(17(14)19(22,23)24)13-5-3-2-4-6-13/h2-10H,1H3,(H,27,29). The summed E-state index contributed by atoms with van der Waals surface area (Å²) in [6.07, 6.45) is -4.01. The van der Waals surface area contributed by atoms with E-state index in [1.54, 1.807) is 18.2 Å². The van der Waals surface area contributed by atoms with Crippen LogP contribution in [0.1, 0.15) is 28.5 Å². The quantitative estimate of drug-likeness (QED) is 0.370. The van der Waals surface area contributed by atoms with Gasteiger partial charge in [0.2, 0.25) is 0 Å². The van der Waals surface area contributed by atoms with Crippen molar-refractivity contribution in [2.24, 2.45) is 5.10 Å². The summed E-state index contributed by atoms with van der Waals surface area (Å²) in [5.41, 5.74) is 0.934. The van der Waals surface area contributed by atoms with Gasteiger partial charge in [0.15, 0.2) is 5.69 Å². The van der Waals surface area contributed by atoms with E-state index >= 15 is 0 Å². The van der Waals surface area contributed by atoms with Crippen LogP contribution < -0.4 is 5.43 Å². The van der Waals surface area contributed by atoms with Gasteiger partial charge < -0.3 is 0 Å². The molecule has 0 bridgehead atoms. The number of halogens is 5. The number of rotatable bonds is 4. The zero-order valence-electron chi connectivity index (χ0n) is 14.8. The van der Waals surface area contributed by atoms with E-state index in [1.807, 2.05) is 0 Å². The predicted molar refractivity (Wildman–Crippen MR) is 99.7 cm³/mol. The molecular formula is C19H13ClF4N4O. The zero-order chi connectivity index (χ0) is 21.2. The highest BCUT2D eigenvalue weighted by atomic mass is 35.5. The molecule has 10 heteroatoms. The van der Waals surface area contributed by atoms with Crippen molar-refractivity contribution in [1.82, 2.24) is 15.2 Å². The molecule has 0 aliphatic carbocycles. The summed E-state index contributed by atoms with van der Waals surface area (Å²) in [4.78, 5) is 12.4. The molecule has 3 aromatic rings. The molecule has 1 heterocycles. The van der Waals surface area contributed by atoms with Gasteiger partial charge in [-0.2, -0.15) is 23.4 Å². The largest absolute Gasteiger partial charge is 0.434 e. The lowest BCUT2D eigenvalue weighted by Crippen LogP contribution is -2.24. The van der Waals surface area contributed by atoms with E-state index in [2.05, 4.69) is 15.6 Å². The van der Waals surface area contributed by atoms with E-state index < -0.39 is 29.2 Å². The second kappa shape index (κ2) is 8.04. The Morgan fingerprint density at radius 3 is 2.48 bits per heavy atom. The molecule has 0 aliphatic rings. The Morgan fingerprint density at radius 2 is 1.86 bits per heavy atom. The van der Waals surface area contributed by atoms with E-state index in [-0.39, 0.29) is 16.4 Å². The van der Waals surface area contributed by atoms with Gasteiger partial charge in [0.1, 0.15) is 5.82 Å². The second-order valence-corrected chi connectivity index (χ2v) is 6.33. The minimum absolute atomic E-state index is 0.146. The molecular weight excluding hydrogens is 412 g/mol. The fraction of sp³-hybridized carbons (Fsp3) is 0.105. The first-order valence-electron chi connectivity index (χ1n) is 8.19. The normalized spacial score (nSPS) is 12.1. The molecule has 0 aliphatic heterocycles. The summed E-state index contributed by atoms with van der Waals surface area (Å²) in [6.45, 7) is 1.49. The highest BCUT2D eigenvalue weighted by Gasteiger charge is 2.40. The molecule has 0 saturated heterocycles. The van der Waals surface area contributed by atoms with Crippen LogP contribution in [0.25, 0.3) is 5.69 Å². The Hall–Kier alpha value is -3.20. The van der Waals surface area contributed by atoms with Crippen molar-refractivity contribution < 1.29 is 22.4 Å². The van der Waals surface area contributed by atoms with Gasteiger partial charge in [0, 0.05) is 0 Å². The maximum absolute atomic E-state index is 13.6. The number of nitrogens with zero attached hydrogens (tertiary/aromatic N) is 3. The van der Waals surface area contributed by atoms with Crippen LogP contribution in [-0.4, -0.2) is 21.4 Å². The fourth-order valence-corrected chi connectivity index (χ4v) is 2.71. The van der Waals surface area contributed by atoms with E-state index in [9.17, 15) is 22.4 Å². The summed E-state index contributed by atoms with van der Waals surface area (Å²) in [5, 5.41) is 7.34. The molecule has 0 radical (unpaired) electrons. The molecule has 5 nitrogen and oxygen atoms in total. The van der Waals surface area contributed by atoms with Crippen molar-refractivity contribution in [1.29, 1.82) is 0 Å². The van der Waals surface area contributed by atoms with E-state index in [4.69, 9.17) is 11.6 Å². The van der Waals surface area contributed by atoms with Crippen molar-refractivity contribution in [3.05, 3.63) is 82.4 Å². The summed E-state index contributed by atoms with van der Waals surface area (Å²) in [6, 6.07) is 11.4. The van der Waals surface area contributed by atoms with Crippen LogP contribution in [0.4, 0.5) is 17.6 Å². The van der Waals surface area contributed by atoms with Gasteiger partial charge in [0.25, 0.3) is 5.91 Å². The number of carbonyl (C=O) groups excluding carboxylic acids is 1. The smallest absolute Gasteiger partial charge is 0.267 e. The van der Waals surface area contributed by atoms with Gasteiger partial charge in [-0.1, -0.05) is 35.9 Å². The number of nitrogens with one attached hydrogen (secondary N) is 1. The van der Waals surface area contributed by atoms with Crippen LogP contribution >= 0.6 is 11.6 Å². The summed E-state index contributed by atoms with van der Waals surface area (Å²) < 4.78 is 54.7. The van der Waals surface area contributed by atoms with E-state index in [0.717, 1.165) is 12.3 Å². The average Bonchev–Trinajstić information content (AvgIpc) is 3.14. The molecule has 0 atom stereocenters. The van der Waals surface area contributed by atoms with Gasteiger partial charge in [0.05, 0.1) is 28.2 Å². The molecule has 1 amide bonds. The molecule has 1 N–H and O–H groups in total. The number of carbonyl (C=O) groups is 1. The fourth-order valence-electron chi connectivity index (χ4n) is 2.53. The van der Waals surface area contributed by atoms with Crippen LogP contribution in [0.15, 0.2) is 59.8 Å². The third-order valence-electron chi connectivity index (χ3n) is 3.95. The predicted octanol–water partition coefficient (Wildman–Crippen LogP) is 4.84. The summed E-state index contributed by atoms with van der Waals surface area (Å²) in [7, 11) is 0. The molecule has 2 aromatic carbocycles. The average molecular weight is 425 g/mol. The minimum Gasteiger partial charge on any atom is -0.267 e. The molecule has 0 fully saturated rings. The van der Waals surface area contributed by atoms with Crippen LogP contribution in [0.2, 0.25) is 5.02 Å². The maximum atomic E-state index is 13.6.